The van der Waals surface area contributed by atoms with Crippen molar-refractivity contribution >= 4 is 22.9 Å². The quantitative estimate of drug-likeness (QED) is 0.820. The lowest BCUT2D eigenvalue weighted by Gasteiger charge is -1.99. The zero-order valence-corrected chi connectivity index (χ0v) is 9.14. The summed E-state index contributed by atoms with van der Waals surface area (Å²) in [6.07, 6.45) is 0. The maximum absolute atomic E-state index is 9.43. The van der Waals surface area contributed by atoms with E-state index >= 15 is 0 Å². The lowest BCUT2D eigenvalue weighted by Crippen LogP contribution is -1.73. The molecule has 0 saturated heterocycles. The van der Waals surface area contributed by atoms with E-state index in [1.807, 2.05) is 12.1 Å². The lowest BCUT2D eigenvalue weighted by atomic mass is 10.2. The maximum atomic E-state index is 9.43. The molecule has 0 aliphatic carbocycles. The summed E-state index contributed by atoms with van der Waals surface area (Å²) in [5.41, 5.74) is 0.864. The summed E-state index contributed by atoms with van der Waals surface area (Å²) in [5.74, 6) is 0.0566. The highest BCUT2D eigenvalue weighted by Crippen LogP contribution is 2.33. The van der Waals surface area contributed by atoms with E-state index in [1.54, 1.807) is 18.2 Å². The van der Waals surface area contributed by atoms with Crippen LogP contribution in [0.15, 0.2) is 30.3 Å². The first-order valence-corrected chi connectivity index (χ1v) is 5.39. The Morgan fingerprint density at radius 3 is 2.67 bits per heavy atom. The van der Waals surface area contributed by atoms with Crippen molar-refractivity contribution < 1.29 is 5.11 Å². The number of nitrogens with zero attached hydrogens (tertiary/aromatic N) is 1. The minimum Gasteiger partial charge on any atom is -0.506 e. The molecule has 0 aliphatic heterocycles. The molecule has 0 unspecified atom stereocenters. The molecule has 0 radical (unpaired) electrons. The van der Waals surface area contributed by atoms with Crippen LogP contribution in [0.1, 0.15) is 4.88 Å². The largest absolute Gasteiger partial charge is 0.506 e. The Labute approximate surface area is 96.0 Å². The van der Waals surface area contributed by atoms with Crippen LogP contribution in [-0.4, -0.2) is 5.11 Å². The smallest absolute Gasteiger partial charge is 0.134 e. The molecule has 0 bridgehead atoms. The van der Waals surface area contributed by atoms with E-state index in [0.717, 1.165) is 10.4 Å². The van der Waals surface area contributed by atoms with Gasteiger partial charge in [0, 0.05) is 4.88 Å². The van der Waals surface area contributed by atoms with Crippen LogP contribution in [0.25, 0.3) is 10.4 Å². The van der Waals surface area contributed by atoms with Crippen molar-refractivity contribution in [3.05, 3.63) is 40.2 Å². The van der Waals surface area contributed by atoms with Gasteiger partial charge in [-0.2, -0.15) is 5.26 Å². The van der Waals surface area contributed by atoms with Crippen LogP contribution in [0.4, 0.5) is 0 Å². The number of rotatable bonds is 1. The molecule has 1 N–H and O–H groups in total. The number of halogens is 1. The molecule has 2 nitrogen and oxygen atoms in total. The van der Waals surface area contributed by atoms with Crippen molar-refractivity contribution in [3.63, 3.8) is 0 Å². The number of phenols is 1. The Hall–Kier alpha value is -1.50. The fourth-order valence-corrected chi connectivity index (χ4v) is 2.14. The third-order valence-electron chi connectivity index (χ3n) is 1.95. The third kappa shape index (κ3) is 1.96. The van der Waals surface area contributed by atoms with Gasteiger partial charge in [-0.25, -0.2) is 0 Å². The first-order chi connectivity index (χ1) is 7.20. The molecule has 0 amide bonds. The van der Waals surface area contributed by atoms with Crippen LogP contribution in [0.5, 0.6) is 5.75 Å². The van der Waals surface area contributed by atoms with E-state index in [2.05, 4.69) is 6.07 Å². The van der Waals surface area contributed by atoms with E-state index in [9.17, 15) is 5.11 Å². The van der Waals surface area contributed by atoms with Crippen LogP contribution in [-0.2, 0) is 0 Å². The molecule has 0 saturated carbocycles. The van der Waals surface area contributed by atoms with Crippen molar-refractivity contribution in [2.45, 2.75) is 0 Å². The molecule has 1 heterocycles. The van der Waals surface area contributed by atoms with E-state index in [0.29, 0.717) is 9.90 Å². The minimum atomic E-state index is 0.0566. The molecule has 0 atom stereocenters. The molecule has 74 valence electrons. The Bertz CT molecular complexity index is 542. The average molecular weight is 236 g/mol. The fraction of sp³-hybridized carbons (Fsp3) is 0. The molecule has 2 aromatic rings. The van der Waals surface area contributed by atoms with E-state index < -0.39 is 0 Å². The van der Waals surface area contributed by atoms with Crippen molar-refractivity contribution in [3.8, 4) is 22.3 Å². The molecule has 0 aliphatic rings. The Morgan fingerprint density at radius 2 is 2.07 bits per heavy atom. The Morgan fingerprint density at radius 1 is 1.27 bits per heavy atom. The van der Waals surface area contributed by atoms with Gasteiger partial charge in [0.1, 0.15) is 16.7 Å². The summed E-state index contributed by atoms with van der Waals surface area (Å²) in [6, 6.07) is 10.7. The first-order valence-electron chi connectivity index (χ1n) is 4.19. The highest BCUT2D eigenvalue weighted by atomic mass is 35.5. The molecule has 1 aromatic carbocycles. The van der Waals surface area contributed by atoms with Gasteiger partial charge in [-0.15, -0.1) is 11.3 Å². The zero-order valence-electron chi connectivity index (χ0n) is 7.57. The fourth-order valence-electron chi connectivity index (χ4n) is 1.22. The molecule has 0 spiro atoms. The Kier molecular flexibility index (Phi) is 2.63. The summed E-state index contributed by atoms with van der Waals surface area (Å²) < 4.78 is 0. The van der Waals surface area contributed by atoms with Gasteiger partial charge >= 0.3 is 0 Å². The second kappa shape index (κ2) is 3.93. The normalized spacial score (nSPS) is 9.87. The van der Waals surface area contributed by atoms with E-state index in [-0.39, 0.29) is 5.75 Å². The minimum absolute atomic E-state index is 0.0566. The monoisotopic (exact) mass is 235 g/mol. The summed E-state index contributed by atoms with van der Waals surface area (Å²) in [7, 11) is 0. The Balaban J connectivity index is 2.46. The standard InChI is InChI=1S/C11H6ClNOS/c12-9-3-1-7(5-10(9)14)11-4-2-8(6-13)15-11/h1-5,14H. The van der Waals surface area contributed by atoms with Gasteiger partial charge in [0.05, 0.1) is 5.02 Å². The first kappa shape index (κ1) is 10.0. The van der Waals surface area contributed by atoms with Crippen molar-refractivity contribution in [2.24, 2.45) is 0 Å². The molecule has 15 heavy (non-hydrogen) atoms. The van der Waals surface area contributed by atoms with Crippen molar-refractivity contribution in [1.29, 1.82) is 5.26 Å². The summed E-state index contributed by atoms with van der Waals surface area (Å²) >= 11 is 7.09. The number of thiophene rings is 1. The van der Waals surface area contributed by atoms with Crippen LogP contribution >= 0.6 is 22.9 Å². The van der Waals surface area contributed by atoms with Crippen LogP contribution in [0, 0.1) is 11.3 Å². The number of nitriles is 1. The van der Waals surface area contributed by atoms with Crippen molar-refractivity contribution in [2.75, 3.05) is 0 Å². The number of aromatic hydroxyl groups is 1. The maximum Gasteiger partial charge on any atom is 0.134 e. The summed E-state index contributed by atoms with van der Waals surface area (Å²) in [4.78, 5) is 1.60. The van der Waals surface area contributed by atoms with Gasteiger partial charge in [-0.3, -0.25) is 0 Å². The average Bonchev–Trinajstić information content (AvgIpc) is 2.70. The molecule has 0 fully saturated rings. The lowest BCUT2D eigenvalue weighted by molar-refractivity contribution is 0.476. The van der Waals surface area contributed by atoms with Gasteiger partial charge in [-0.1, -0.05) is 17.7 Å². The van der Waals surface area contributed by atoms with Crippen LogP contribution < -0.4 is 0 Å². The number of hydrogen-bond donors (Lipinski definition) is 1. The second-order valence-corrected chi connectivity index (χ2v) is 4.43. The topological polar surface area (TPSA) is 44.0 Å². The van der Waals surface area contributed by atoms with Gasteiger partial charge in [0.2, 0.25) is 0 Å². The van der Waals surface area contributed by atoms with Gasteiger partial charge in [0.15, 0.2) is 0 Å². The summed E-state index contributed by atoms with van der Waals surface area (Å²) in [5, 5.41) is 18.4. The molecule has 4 heteroatoms. The number of hydrogen-bond acceptors (Lipinski definition) is 3. The zero-order chi connectivity index (χ0) is 10.8. The highest BCUT2D eigenvalue weighted by Gasteiger charge is 2.05. The van der Waals surface area contributed by atoms with E-state index in [4.69, 9.17) is 16.9 Å². The summed E-state index contributed by atoms with van der Waals surface area (Å²) in [6.45, 7) is 0. The van der Waals surface area contributed by atoms with Crippen molar-refractivity contribution in [1.82, 2.24) is 0 Å². The number of phenolic OH excluding ortho intramolecular Hbond substituents is 1. The van der Waals surface area contributed by atoms with E-state index in [1.165, 1.54) is 11.3 Å². The van der Waals surface area contributed by atoms with Gasteiger partial charge in [0.25, 0.3) is 0 Å². The SMILES string of the molecule is N#Cc1ccc(-c2ccc(Cl)c(O)c2)s1. The second-order valence-electron chi connectivity index (χ2n) is 2.94. The molecular weight excluding hydrogens is 230 g/mol. The van der Waals surface area contributed by atoms with Crippen LogP contribution in [0.2, 0.25) is 5.02 Å². The molecule has 2 rings (SSSR count). The third-order valence-corrected chi connectivity index (χ3v) is 3.31. The highest BCUT2D eigenvalue weighted by molar-refractivity contribution is 7.16. The molecular formula is C11H6ClNOS. The number of benzene rings is 1. The van der Waals surface area contributed by atoms with Gasteiger partial charge < -0.3 is 5.11 Å². The predicted octanol–water partition coefficient (Wildman–Crippen LogP) is 3.65. The predicted molar refractivity (Wildman–Crippen MR) is 61.1 cm³/mol. The molecule has 1 aromatic heterocycles. The van der Waals surface area contributed by atoms with Crippen LogP contribution in [0.3, 0.4) is 0 Å². The van der Waals surface area contributed by atoms with Gasteiger partial charge in [-0.05, 0) is 29.8 Å².